The number of hydrogen-bond donors (Lipinski definition) is 1. The van der Waals surface area contributed by atoms with Crippen molar-refractivity contribution in [3.8, 4) is 0 Å². The molecule has 3 aliphatic rings. The van der Waals surface area contributed by atoms with Crippen LogP contribution in [0.1, 0.15) is 19.3 Å². The van der Waals surface area contributed by atoms with Crippen LogP contribution in [0, 0.1) is 0 Å². The van der Waals surface area contributed by atoms with Crippen LogP contribution in [-0.4, -0.2) is 74.4 Å². The number of ether oxygens (including phenoxy) is 1. The van der Waals surface area contributed by atoms with Crippen molar-refractivity contribution in [2.24, 2.45) is 0 Å². The van der Waals surface area contributed by atoms with E-state index in [0.29, 0.717) is 0 Å². The van der Waals surface area contributed by atoms with Gasteiger partial charge in [-0.25, -0.2) is 0 Å². The van der Waals surface area contributed by atoms with Gasteiger partial charge in [-0.3, -0.25) is 9.80 Å². The van der Waals surface area contributed by atoms with Gasteiger partial charge in [-0.15, -0.1) is 0 Å². The maximum absolute atomic E-state index is 5.56. The summed E-state index contributed by atoms with van der Waals surface area (Å²) in [7, 11) is 0. The molecule has 0 amide bonds. The van der Waals surface area contributed by atoms with Gasteiger partial charge in [0.25, 0.3) is 0 Å². The van der Waals surface area contributed by atoms with Crippen molar-refractivity contribution in [2.45, 2.75) is 31.3 Å². The van der Waals surface area contributed by atoms with Gasteiger partial charge in [0.05, 0.1) is 0 Å². The second kappa shape index (κ2) is 5.65. The van der Waals surface area contributed by atoms with Gasteiger partial charge in [0.15, 0.2) is 0 Å². The maximum atomic E-state index is 5.56. The molecule has 3 heterocycles. The molecule has 0 aromatic heterocycles. The van der Waals surface area contributed by atoms with Gasteiger partial charge in [0.2, 0.25) is 0 Å². The largest absolute Gasteiger partial charge is 0.381 e. The Morgan fingerprint density at radius 3 is 2.18 bits per heavy atom. The molecule has 1 atom stereocenters. The second-order valence-electron chi connectivity index (χ2n) is 5.58. The molecule has 3 aliphatic heterocycles. The molecule has 0 spiro atoms. The minimum Gasteiger partial charge on any atom is -0.381 e. The zero-order valence-electron chi connectivity index (χ0n) is 10.7. The number of rotatable bonds is 2. The summed E-state index contributed by atoms with van der Waals surface area (Å²) in [5.74, 6) is 0. The summed E-state index contributed by atoms with van der Waals surface area (Å²) in [6, 6.07) is 1.62. The lowest BCUT2D eigenvalue weighted by molar-refractivity contribution is 0.0456. The molecule has 4 nitrogen and oxygen atoms in total. The molecule has 0 aromatic rings. The summed E-state index contributed by atoms with van der Waals surface area (Å²) in [5.41, 5.74) is 0. The molecule has 0 radical (unpaired) electrons. The molecule has 0 bridgehead atoms. The van der Waals surface area contributed by atoms with E-state index in [1.165, 1.54) is 58.5 Å². The van der Waals surface area contributed by atoms with E-state index in [0.717, 1.165) is 25.3 Å². The monoisotopic (exact) mass is 239 g/mol. The SMILES string of the molecule is C1COCCC(N2CCN(C3CNC3)CC2)C1. The molecule has 4 heteroatoms. The highest BCUT2D eigenvalue weighted by atomic mass is 16.5. The number of nitrogens with zero attached hydrogens (tertiary/aromatic N) is 2. The van der Waals surface area contributed by atoms with Gasteiger partial charge < -0.3 is 10.1 Å². The number of nitrogens with one attached hydrogen (secondary N) is 1. The molecule has 1 N–H and O–H groups in total. The van der Waals surface area contributed by atoms with Crippen LogP contribution in [0.5, 0.6) is 0 Å². The Labute approximate surface area is 104 Å². The van der Waals surface area contributed by atoms with Crippen LogP contribution < -0.4 is 5.32 Å². The van der Waals surface area contributed by atoms with Gasteiger partial charge in [-0.1, -0.05) is 0 Å². The fraction of sp³-hybridized carbons (Fsp3) is 1.00. The summed E-state index contributed by atoms with van der Waals surface area (Å²) in [4.78, 5) is 5.37. The fourth-order valence-corrected chi connectivity index (χ4v) is 3.25. The van der Waals surface area contributed by atoms with E-state index in [1.54, 1.807) is 0 Å². The Balaban J connectivity index is 1.46. The first-order valence-corrected chi connectivity index (χ1v) is 7.20. The van der Waals surface area contributed by atoms with Crippen molar-refractivity contribution in [2.75, 3.05) is 52.5 Å². The zero-order valence-corrected chi connectivity index (χ0v) is 10.7. The predicted molar refractivity (Wildman–Crippen MR) is 68.3 cm³/mol. The van der Waals surface area contributed by atoms with E-state index in [-0.39, 0.29) is 0 Å². The Morgan fingerprint density at radius 1 is 0.824 bits per heavy atom. The van der Waals surface area contributed by atoms with Crippen molar-refractivity contribution in [1.29, 1.82) is 0 Å². The lowest BCUT2D eigenvalue weighted by Gasteiger charge is -2.45. The van der Waals surface area contributed by atoms with Crippen LogP contribution in [0.2, 0.25) is 0 Å². The average molecular weight is 239 g/mol. The van der Waals surface area contributed by atoms with Crippen LogP contribution in [0.3, 0.4) is 0 Å². The van der Waals surface area contributed by atoms with E-state index in [1.807, 2.05) is 0 Å². The van der Waals surface area contributed by atoms with Crippen LogP contribution in [0.15, 0.2) is 0 Å². The van der Waals surface area contributed by atoms with Crippen LogP contribution >= 0.6 is 0 Å². The van der Waals surface area contributed by atoms with Crippen molar-refractivity contribution in [3.63, 3.8) is 0 Å². The Hall–Kier alpha value is -0.160. The minimum atomic E-state index is 0.791. The van der Waals surface area contributed by atoms with Crippen molar-refractivity contribution in [1.82, 2.24) is 15.1 Å². The summed E-state index contributed by atoms with van der Waals surface area (Å²) >= 11 is 0. The second-order valence-corrected chi connectivity index (χ2v) is 5.58. The standard InChI is InChI=1S/C13H25N3O/c1-2-12(3-9-17-8-1)15-4-6-16(7-5-15)13-10-14-11-13/h12-14H,1-11H2. The molecule has 1 unspecified atom stereocenters. The Morgan fingerprint density at radius 2 is 1.53 bits per heavy atom. The molecule has 98 valence electrons. The molecule has 0 saturated carbocycles. The van der Waals surface area contributed by atoms with Crippen molar-refractivity contribution < 1.29 is 4.74 Å². The normalized spacial score (nSPS) is 34.2. The van der Waals surface area contributed by atoms with E-state index in [9.17, 15) is 0 Å². The third-order valence-corrected chi connectivity index (χ3v) is 4.56. The lowest BCUT2D eigenvalue weighted by Crippen LogP contribution is -2.62. The van der Waals surface area contributed by atoms with Gasteiger partial charge in [-0.2, -0.15) is 0 Å². The van der Waals surface area contributed by atoms with Gasteiger partial charge >= 0.3 is 0 Å². The maximum Gasteiger partial charge on any atom is 0.0480 e. The number of piperazine rings is 1. The molecule has 3 saturated heterocycles. The minimum absolute atomic E-state index is 0.791. The van der Waals surface area contributed by atoms with E-state index in [2.05, 4.69) is 15.1 Å². The Bertz CT molecular complexity index is 229. The molecule has 0 aromatic carbocycles. The van der Waals surface area contributed by atoms with Gasteiger partial charge in [0.1, 0.15) is 0 Å². The number of hydrogen-bond acceptors (Lipinski definition) is 4. The molecule has 3 fully saturated rings. The highest BCUT2D eigenvalue weighted by molar-refractivity contribution is 4.88. The van der Waals surface area contributed by atoms with Crippen LogP contribution in [0.25, 0.3) is 0 Å². The van der Waals surface area contributed by atoms with Gasteiger partial charge in [0, 0.05) is 64.6 Å². The smallest absolute Gasteiger partial charge is 0.0480 e. The summed E-state index contributed by atoms with van der Waals surface area (Å²) in [5, 5.41) is 3.37. The van der Waals surface area contributed by atoms with E-state index in [4.69, 9.17) is 4.74 Å². The molecule has 3 rings (SSSR count). The summed E-state index contributed by atoms with van der Waals surface area (Å²) in [6.45, 7) is 9.42. The van der Waals surface area contributed by atoms with Crippen LogP contribution in [0.4, 0.5) is 0 Å². The topological polar surface area (TPSA) is 27.7 Å². The van der Waals surface area contributed by atoms with Gasteiger partial charge in [-0.05, 0) is 19.3 Å². The third kappa shape index (κ3) is 2.81. The third-order valence-electron chi connectivity index (χ3n) is 4.56. The fourth-order valence-electron chi connectivity index (χ4n) is 3.25. The highest BCUT2D eigenvalue weighted by Crippen LogP contribution is 2.18. The first-order chi connectivity index (χ1) is 8.43. The molecule has 0 aliphatic carbocycles. The first-order valence-electron chi connectivity index (χ1n) is 7.20. The molecule has 17 heavy (non-hydrogen) atoms. The van der Waals surface area contributed by atoms with Crippen molar-refractivity contribution in [3.05, 3.63) is 0 Å². The zero-order chi connectivity index (χ0) is 11.5. The Kier molecular flexibility index (Phi) is 3.96. The van der Waals surface area contributed by atoms with Crippen LogP contribution in [-0.2, 0) is 4.74 Å². The quantitative estimate of drug-likeness (QED) is 0.742. The predicted octanol–water partition coefficient (Wildman–Crippen LogP) is 0.145. The average Bonchev–Trinajstić information content (AvgIpc) is 2.56. The van der Waals surface area contributed by atoms with Crippen molar-refractivity contribution >= 4 is 0 Å². The summed E-state index contributed by atoms with van der Waals surface area (Å²) in [6.07, 6.45) is 3.83. The lowest BCUT2D eigenvalue weighted by atomic mass is 10.0. The highest BCUT2D eigenvalue weighted by Gasteiger charge is 2.30. The summed E-state index contributed by atoms with van der Waals surface area (Å²) < 4.78 is 5.56. The molecular formula is C13H25N3O. The molecular weight excluding hydrogens is 214 g/mol. The first kappa shape index (κ1) is 11.9. The van der Waals surface area contributed by atoms with E-state index >= 15 is 0 Å². The van der Waals surface area contributed by atoms with E-state index < -0.39 is 0 Å².